The van der Waals surface area contributed by atoms with Gasteiger partial charge in [-0.05, 0) is 37.0 Å². The van der Waals surface area contributed by atoms with Crippen LogP contribution in [0.1, 0.15) is 30.4 Å². The molecule has 0 saturated heterocycles. The van der Waals surface area contributed by atoms with Gasteiger partial charge in [-0.1, -0.05) is 11.6 Å². The molecule has 0 spiro atoms. The number of aliphatic carboxylic acids is 1. The van der Waals surface area contributed by atoms with Crippen molar-refractivity contribution in [2.45, 2.75) is 31.6 Å². The number of rotatable bonds is 3. The minimum Gasteiger partial charge on any atom is -0.481 e. The number of carboxylic acid groups (broad SMARTS) is 1. The van der Waals surface area contributed by atoms with E-state index < -0.39 is 5.97 Å². The molecule has 96 valence electrons. The minimum atomic E-state index is -0.777. The molecule has 0 bridgehead atoms. The van der Waals surface area contributed by atoms with Crippen LogP contribution in [-0.2, 0) is 10.2 Å². The Bertz CT molecular complexity index is 534. The minimum absolute atomic E-state index is 0.143. The maximum Gasteiger partial charge on any atom is 0.304 e. The topological polar surface area (TPSA) is 55.8 Å². The number of ether oxygens (including phenoxy) is 2. The van der Waals surface area contributed by atoms with E-state index in [2.05, 4.69) is 0 Å². The Balaban J connectivity index is 2.08. The molecule has 0 radical (unpaired) electrons. The zero-order chi connectivity index (χ0) is 12.9. The summed E-state index contributed by atoms with van der Waals surface area (Å²) in [5.41, 5.74) is 1.67. The Labute approximate surface area is 109 Å². The molecule has 2 aliphatic rings. The van der Waals surface area contributed by atoms with Gasteiger partial charge in [0.15, 0.2) is 11.5 Å². The smallest absolute Gasteiger partial charge is 0.304 e. The van der Waals surface area contributed by atoms with Crippen molar-refractivity contribution in [3.05, 3.63) is 22.2 Å². The summed E-state index contributed by atoms with van der Waals surface area (Å²) in [4.78, 5) is 11.0. The van der Waals surface area contributed by atoms with Crippen molar-refractivity contribution in [1.29, 1.82) is 0 Å². The molecule has 1 aliphatic heterocycles. The second kappa shape index (κ2) is 3.79. The van der Waals surface area contributed by atoms with E-state index in [0.717, 1.165) is 24.0 Å². The monoisotopic (exact) mass is 268 g/mol. The molecule has 1 fully saturated rings. The molecule has 1 heterocycles. The molecule has 1 aromatic carbocycles. The molecule has 5 heteroatoms. The van der Waals surface area contributed by atoms with Gasteiger partial charge in [-0.15, -0.1) is 0 Å². The fourth-order valence-electron chi connectivity index (χ4n) is 2.69. The largest absolute Gasteiger partial charge is 0.481 e. The van der Waals surface area contributed by atoms with E-state index >= 15 is 0 Å². The Kier molecular flexibility index (Phi) is 2.45. The summed E-state index contributed by atoms with van der Waals surface area (Å²) in [7, 11) is 0. The first-order valence-electron chi connectivity index (χ1n) is 5.84. The van der Waals surface area contributed by atoms with Gasteiger partial charge >= 0.3 is 5.97 Å². The predicted molar refractivity (Wildman–Crippen MR) is 65.5 cm³/mol. The molecular formula is C13H13ClO4. The number of hydrogen-bond donors (Lipinski definition) is 1. The lowest BCUT2D eigenvalue weighted by molar-refractivity contribution is -0.137. The lowest BCUT2D eigenvalue weighted by Crippen LogP contribution is -2.14. The van der Waals surface area contributed by atoms with Crippen LogP contribution in [0.4, 0.5) is 0 Å². The van der Waals surface area contributed by atoms with Crippen LogP contribution in [0.3, 0.4) is 0 Å². The third-order valence-corrected chi connectivity index (χ3v) is 4.04. The fraction of sp³-hybridized carbons (Fsp3) is 0.462. The number of carbonyl (C=O) groups is 1. The second-order valence-corrected chi connectivity index (χ2v) is 5.35. The van der Waals surface area contributed by atoms with Gasteiger partial charge in [0.2, 0.25) is 6.79 Å². The first-order valence-corrected chi connectivity index (χ1v) is 6.22. The number of benzene rings is 1. The van der Waals surface area contributed by atoms with Crippen LogP contribution in [-0.4, -0.2) is 17.9 Å². The molecule has 18 heavy (non-hydrogen) atoms. The molecule has 0 unspecified atom stereocenters. The molecule has 0 amide bonds. The summed E-state index contributed by atoms with van der Waals surface area (Å²) >= 11 is 6.16. The number of carboxylic acids is 1. The summed E-state index contributed by atoms with van der Waals surface area (Å²) in [6.07, 6.45) is 1.91. The van der Waals surface area contributed by atoms with Crippen LogP contribution in [0.25, 0.3) is 0 Å². The molecule has 1 N–H and O–H groups in total. The average Bonchev–Trinajstić information content (AvgIpc) is 2.90. The van der Waals surface area contributed by atoms with E-state index in [0.29, 0.717) is 16.5 Å². The number of hydrogen-bond acceptors (Lipinski definition) is 3. The summed E-state index contributed by atoms with van der Waals surface area (Å²) in [6, 6.07) is 1.83. The van der Waals surface area contributed by atoms with Crippen LogP contribution in [0.2, 0.25) is 5.02 Å². The third-order valence-electron chi connectivity index (χ3n) is 3.76. The summed E-state index contributed by atoms with van der Waals surface area (Å²) in [6.45, 7) is 2.10. The van der Waals surface area contributed by atoms with E-state index in [9.17, 15) is 4.79 Å². The van der Waals surface area contributed by atoms with Crippen LogP contribution in [0.5, 0.6) is 11.5 Å². The van der Waals surface area contributed by atoms with Gasteiger partial charge in [-0.2, -0.15) is 0 Å². The molecule has 1 aromatic rings. The molecule has 0 aromatic heterocycles. The van der Waals surface area contributed by atoms with E-state index in [1.165, 1.54) is 0 Å². The molecule has 1 aliphatic carbocycles. The highest BCUT2D eigenvalue weighted by atomic mass is 35.5. The molecule has 4 nitrogen and oxygen atoms in total. The quantitative estimate of drug-likeness (QED) is 0.916. The van der Waals surface area contributed by atoms with Crippen molar-refractivity contribution in [3.8, 4) is 11.5 Å². The molecule has 1 saturated carbocycles. The molecule has 0 atom stereocenters. The van der Waals surface area contributed by atoms with Crippen molar-refractivity contribution in [2.24, 2.45) is 0 Å². The van der Waals surface area contributed by atoms with Gasteiger partial charge in [0.25, 0.3) is 0 Å². The van der Waals surface area contributed by atoms with Crippen molar-refractivity contribution >= 4 is 17.6 Å². The highest BCUT2D eigenvalue weighted by Crippen LogP contribution is 2.56. The SMILES string of the molecule is Cc1c(C2(CC(=O)O)CC2)cc(Cl)c2c1OCO2. The first kappa shape index (κ1) is 11.7. The van der Waals surface area contributed by atoms with Crippen molar-refractivity contribution in [2.75, 3.05) is 6.79 Å². The van der Waals surface area contributed by atoms with E-state index in [-0.39, 0.29) is 18.6 Å². The van der Waals surface area contributed by atoms with Crippen molar-refractivity contribution < 1.29 is 19.4 Å². The van der Waals surface area contributed by atoms with Crippen LogP contribution in [0.15, 0.2) is 6.07 Å². The third kappa shape index (κ3) is 1.63. The van der Waals surface area contributed by atoms with Gasteiger partial charge in [0, 0.05) is 5.41 Å². The van der Waals surface area contributed by atoms with Crippen LogP contribution < -0.4 is 9.47 Å². The zero-order valence-electron chi connectivity index (χ0n) is 9.96. The fourth-order valence-corrected chi connectivity index (χ4v) is 2.94. The molecular weight excluding hydrogens is 256 g/mol. The lowest BCUT2D eigenvalue weighted by atomic mass is 9.88. The van der Waals surface area contributed by atoms with Gasteiger partial charge in [0.1, 0.15) is 0 Å². The van der Waals surface area contributed by atoms with Gasteiger partial charge in [-0.25, -0.2) is 0 Å². The Hall–Kier alpha value is -1.42. The van der Waals surface area contributed by atoms with Crippen molar-refractivity contribution in [1.82, 2.24) is 0 Å². The zero-order valence-corrected chi connectivity index (χ0v) is 10.7. The maximum atomic E-state index is 11.0. The van der Waals surface area contributed by atoms with Crippen molar-refractivity contribution in [3.63, 3.8) is 0 Å². The summed E-state index contributed by atoms with van der Waals surface area (Å²) in [5.74, 6) is 0.457. The predicted octanol–water partition coefficient (Wildman–Crippen LogP) is 2.88. The van der Waals surface area contributed by atoms with E-state index in [4.69, 9.17) is 26.2 Å². The number of fused-ring (bicyclic) bond motifs is 1. The summed E-state index contributed by atoms with van der Waals surface area (Å²) in [5, 5.41) is 9.51. The summed E-state index contributed by atoms with van der Waals surface area (Å²) < 4.78 is 10.7. The lowest BCUT2D eigenvalue weighted by Gasteiger charge is -2.18. The first-order chi connectivity index (χ1) is 8.53. The van der Waals surface area contributed by atoms with E-state index in [1.807, 2.05) is 13.0 Å². The normalized spacial score (nSPS) is 18.8. The van der Waals surface area contributed by atoms with E-state index in [1.54, 1.807) is 0 Å². The second-order valence-electron chi connectivity index (χ2n) is 4.95. The molecule has 3 rings (SSSR count). The van der Waals surface area contributed by atoms with Crippen LogP contribution in [0, 0.1) is 6.92 Å². The average molecular weight is 269 g/mol. The van der Waals surface area contributed by atoms with Gasteiger partial charge in [0.05, 0.1) is 11.4 Å². The standard InChI is InChI=1S/C13H13ClO4/c1-7-8(13(2-3-13)5-10(15)16)4-9(14)12-11(7)17-6-18-12/h4H,2-3,5-6H2,1H3,(H,15,16). The maximum absolute atomic E-state index is 11.0. The Morgan fingerprint density at radius 3 is 2.72 bits per heavy atom. The number of halogens is 1. The highest BCUT2D eigenvalue weighted by molar-refractivity contribution is 6.32. The van der Waals surface area contributed by atoms with Gasteiger partial charge < -0.3 is 14.6 Å². The van der Waals surface area contributed by atoms with Crippen LogP contribution >= 0.6 is 11.6 Å². The highest BCUT2D eigenvalue weighted by Gasteiger charge is 2.48. The Morgan fingerprint density at radius 1 is 1.44 bits per heavy atom. The van der Waals surface area contributed by atoms with Gasteiger partial charge in [-0.3, -0.25) is 4.79 Å². The Morgan fingerprint density at radius 2 is 2.11 bits per heavy atom.